The van der Waals surface area contributed by atoms with E-state index in [0.29, 0.717) is 54.7 Å². The molecule has 2 heterocycles. The fourth-order valence-electron chi connectivity index (χ4n) is 3.64. The second kappa shape index (κ2) is 10.1. The predicted octanol–water partition coefficient (Wildman–Crippen LogP) is 2.67. The number of rotatable bonds is 7. The van der Waals surface area contributed by atoms with Crippen molar-refractivity contribution in [3.05, 3.63) is 59.4 Å². The number of hydrogen-bond donors (Lipinski definition) is 0. The van der Waals surface area contributed by atoms with Gasteiger partial charge in [0.25, 0.3) is 5.91 Å². The summed E-state index contributed by atoms with van der Waals surface area (Å²) in [7, 11) is -0.510. The highest BCUT2D eigenvalue weighted by Crippen LogP contribution is 2.33. The molecule has 0 radical (unpaired) electrons. The summed E-state index contributed by atoms with van der Waals surface area (Å²) in [6, 6.07) is 9.51. The minimum atomic E-state index is -3.63. The van der Waals surface area contributed by atoms with Crippen molar-refractivity contribution in [3.63, 3.8) is 0 Å². The Kier molecular flexibility index (Phi) is 7.17. The zero-order chi connectivity index (χ0) is 24.3. The number of morpholine rings is 1. The number of carbonyl (C=O) groups excluding carboxylic acids is 1. The van der Waals surface area contributed by atoms with Crippen LogP contribution >= 0.6 is 11.3 Å². The molecule has 0 bridgehead atoms. The van der Waals surface area contributed by atoms with E-state index in [0.717, 1.165) is 10.2 Å². The van der Waals surface area contributed by atoms with Crippen LogP contribution < -0.4 is 14.3 Å². The molecule has 0 spiro atoms. The van der Waals surface area contributed by atoms with Crippen molar-refractivity contribution in [3.8, 4) is 11.5 Å². The van der Waals surface area contributed by atoms with Gasteiger partial charge in [-0.05, 0) is 24.3 Å². The lowest BCUT2D eigenvalue weighted by molar-refractivity contribution is 0.0730. The van der Waals surface area contributed by atoms with Gasteiger partial charge in [0.05, 0.1) is 42.5 Å². The molecule has 1 aromatic heterocycles. The van der Waals surface area contributed by atoms with E-state index in [9.17, 15) is 13.2 Å². The van der Waals surface area contributed by atoms with E-state index >= 15 is 0 Å². The monoisotopic (exact) mass is 503 g/mol. The Morgan fingerprint density at radius 3 is 2.41 bits per heavy atom. The van der Waals surface area contributed by atoms with E-state index in [1.165, 1.54) is 39.9 Å². The molecule has 1 aliphatic heterocycles. The van der Waals surface area contributed by atoms with Crippen LogP contribution in [0.3, 0.4) is 0 Å². The quantitative estimate of drug-likeness (QED) is 0.460. The molecule has 34 heavy (non-hydrogen) atoms. The van der Waals surface area contributed by atoms with E-state index in [-0.39, 0.29) is 4.90 Å². The number of aromatic nitrogens is 1. The number of carbonyl (C=O) groups is 1. The third-order valence-electron chi connectivity index (χ3n) is 5.41. The van der Waals surface area contributed by atoms with Crippen molar-refractivity contribution in [1.82, 2.24) is 8.87 Å². The van der Waals surface area contributed by atoms with Gasteiger partial charge in [0.2, 0.25) is 10.0 Å². The molecule has 1 saturated heterocycles. The molecule has 1 amide bonds. The first-order valence-corrected chi connectivity index (χ1v) is 12.8. The molecular weight excluding hydrogens is 478 g/mol. The molecule has 4 rings (SSSR count). The van der Waals surface area contributed by atoms with E-state index < -0.39 is 15.9 Å². The predicted molar refractivity (Wildman–Crippen MR) is 129 cm³/mol. The molecule has 3 aromatic rings. The smallest absolute Gasteiger partial charge is 0.279 e. The maximum atomic E-state index is 12.9. The van der Waals surface area contributed by atoms with Gasteiger partial charge >= 0.3 is 0 Å². The maximum Gasteiger partial charge on any atom is 0.279 e. The number of allylic oxidation sites excluding steroid dienone is 1. The highest BCUT2D eigenvalue weighted by molar-refractivity contribution is 7.89. The van der Waals surface area contributed by atoms with Crippen molar-refractivity contribution in [1.29, 1.82) is 0 Å². The summed E-state index contributed by atoms with van der Waals surface area (Å²) in [6.07, 6.45) is 1.72. The molecule has 1 fully saturated rings. The molecule has 9 nitrogen and oxygen atoms in total. The standard InChI is InChI=1S/C23H25N3O6S2/c1-4-9-26-18-14-19(30-2)20(31-3)15-21(18)33-23(26)24-22(27)16-5-7-17(8-6-16)34(28,29)25-10-12-32-13-11-25/h4-8,14-15H,1,9-13H2,2-3H3. The zero-order valence-electron chi connectivity index (χ0n) is 18.9. The molecule has 11 heteroatoms. The third kappa shape index (κ3) is 4.64. The van der Waals surface area contributed by atoms with E-state index in [2.05, 4.69) is 11.6 Å². The van der Waals surface area contributed by atoms with E-state index in [4.69, 9.17) is 14.2 Å². The molecule has 0 N–H and O–H groups in total. The number of amides is 1. The maximum absolute atomic E-state index is 12.9. The van der Waals surface area contributed by atoms with Gasteiger partial charge in [-0.2, -0.15) is 9.30 Å². The summed E-state index contributed by atoms with van der Waals surface area (Å²) in [5, 5.41) is 0. The normalized spacial score (nSPS) is 15.4. The van der Waals surface area contributed by atoms with Crippen LogP contribution in [-0.2, 0) is 21.3 Å². The van der Waals surface area contributed by atoms with Crippen LogP contribution in [-0.4, -0.2) is 63.7 Å². The van der Waals surface area contributed by atoms with Crippen molar-refractivity contribution < 1.29 is 27.4 Å². The van der Waals surface area contributed by atoms with Gasteiger partial charge in [-0.1, -0.05) is 17.4 Å². The lowest BCUT2D eigenvalue weighted by Crippen LogP contribution is -2.40. The number of methoxy groups -OCH3 is 2. The fraction of sp³-hybridized carbons (Fsp3) is 0.304. The Labute approximate surface area is 201 Å². The Hall–Kier alpha value is -2.99. The van der Waals surface area contributed by atoms with Crippen LogP contribution in [0.1, 0.15) is 10.4 Å². The molecule has 180 valence electrons. The number of fused-ring (bicyclic) bond motifs is 1. The van der Waals surface area contributed by atoms with Gasteiger partial charge in [0.1, 0.15) is 0 Å². The number of ether oxygens (including phenoxy) is 3. The molecule has 1 aliphatic rings. The Bertz CT molecular complexity index is 1380. The summed E-state index contributed by atoms with van der Waals surface area (Å²) in [5.74, 6) is 0.677. The Morgan fingerprint density at radius 1 is 1.15 bits per heavy atom. The SMILES string of the molecule is C=CCn1c(=NC(=O)c2ccc(S(=O)(=O)N3CCOCC3)cc2)sc2cc(OC)c(OC)cc21. The number of hydrogen-bond acceptors (Lipinski definition) is 7. The Balaban J connectivity index is 1.69. The van der Waals surface area contributed by atoms with Crippen molar-refractivity contribution in [2.75, 3.05) is 40.5 Å². The number of nitrogens with zero attached hydrogens (tertiary/aromatic N) is 3. The van der Waals surface area contributed by atoms with Crippen LogP contribution in [0.15, 0.2) is 58.9 Å². The number of benzene rings is 2. The second-order valence-electron chi connectivity index (χ2n) is 7.42. The highest BCUT2D eigenvalue weighted by Gasteiger charge is 2.26. The first kappa shape index (κ1) is 24.1. The summed E-state index contributed by atoms with van der Waals surface area (Å²) in [5.41, 5.74) is 1.12. The number of sulfonamides is 1. The second-order valence-corrected chi connectivity index (χ2v) is 10.4. The van der Waals surface area contributed by atoms with Crippen molar-refractivity contribution in [2.24, 2.45) is 4.99 Å². The lowest BCUT2D eigenvalue weighted by atomic mass is 10.2. The molecule has 0 unspecified atom stereocenters. The van der Waals surface area contributed by atoms with Gasteiger partial charge in [0.15, 0.2) is 16.3 Å². The van der Waals surface area contributed by atoms with Crippen LogP contribution in [0.2, 0.25) is 0 Å². The summed E-state index contributed by atoms with van der Waals surface area (Å²) in [4.78, 5) is 17.9. The molecule has 0 atom stereocenters. The minimum Gasteiger partial charge on any atom is -0.493 e. The first-order valence-electron chi connectivity index (χ1n) is 10.5. The summed E-state index contributed by atoms with van der Waals surface area (Å²) in [6.45, 7) is 5.60. The average Bonchev–Trinajstić information content (AvgIpc) is 3.19. The lowest BCUT2D eigenvalue weighted by Gasteiger charge is -2.26. The largest absolute Gasteiger partial charge is 0.493 e. The summed E-state index contributed by atoms with van der Waals surface area (Å²) < 4.78 is 45.8. The number of thiazole rings is 1. The van der Waals surface area contributed by atoms with Gasteiger partial charge in [0, 0.05) is 37.3 Å². The average molecular weight is 504 g/mol. The molecule has 0 saturated carbocycles. The molecule has 0 aliphatic carbocycles. The van der Waals surface area contributed by atoms with Crippen LogP contribution in [0.5, 0.6) is 11.5 Å². The highest BCUT2D eigenvalue weighted by atomic mass is 32.2. The zero-order valence-corrected chi connectivity index (χ0v) is 20.5. The van der Waals surface area contributed by atoms with E-state index in [1.54, 1.807) is 20.3 Å². The first-order chi connectivity index (χ1) is 16.4. The van der Waals surface area contributed by atoms with Gasteiger partial charge in [-0.25, -0.2) is 8.42 Å². The van der Waals surface area contributed by atoms with Crippen molar-refractivity contribution in [2.45, 2.75) is 11.4 Å². The van der Waals surface area contributed by atoms with Crippen molar-refractivity contribution >= 4 is 37.5 Å². The van der Waals surface area contributed by atoms with Gasteiger partial charge in [-0.15, -0.1) is 6.58 Å². The molecular formula is C23H25N3O6S2. The summed E-state index contributed by atoms with van der Waals surface area (Å²) >= 11 is 1.34. The fourth-order valence-corrected chi connectivity index (χ4v) is 6.10. The van der Waals surface area contributed by atoms with Gasteiger partial charge in [-0.3, -0.25) is 4.79 Å². The Morgan fingerprint density at radius 2 is 1.79 bits per heavy atom. The van der Waals surface area contributed by atoms with Gasteiger partial charge < -0.3 is 18.8 Å². The van der Waals surface area contributed by atoms with Crippen LogP contribution in [0.25, 0.3) is 10.2 Å². The van der Waals surface area contributed by atoms with Crippen LogP contribution in [0, 0.1) is 0 Å². The third-order valence-corrected chi connectivity index (χ3v) is 8.36. The topological polar surface area (TPSA) is 99.4 Å². The molecule has 2 aromatic carbocycles. The van der Waals surface area contributed by atoms with E-state index in [1.807, 2.05) is 16.7 Å². The van der Waals surface area contributed by atoms with Crippen LogP contribution in [0.4, 0.5) is 0 Å². The minimum absolute atomic E-state index is 0.133.